The summed E-state index contributed by atoms with van der Waals surface area (Å²) < 4.78 is 5.35. The summed E-state index contributed by atoms with van der Waals surface area (Å²) in [5.41, 5.74) is -0.907. The maximum absolute atomic E-state index is 10.6. The van der Waals surface area contributed by atoms with Gasteiger partial charge in [-0.15, -0.1) is 0 Å². The Morgan fingerprint density at radius 1 is 1.50 bits per heavy atom. The highest BCUT2D eigenvalue weighted by Crippen LogP contribution is 2.48. The third-order valence-corrected chi connectivity index (χ3v) is 4.35. The van der Waals surface area contributed by atoms with Crippen LogP contribution >= 0.6 is 11.8 Å². The number of furan rings is 1. The standard InChI is InChI=1S/C11H16O2S/c1-10(2)5-7-14-8-11(10,12)9-4-3-6-13-9/h3-4,6,12H,5,7-8H2,1-2H3. The summed E-state index contributed by atoms with van der Waals surface area (Å²) >= 11 is 1.79. The van der Waals surface area contributed by atoms with Crippen molar-refractivity contribution in [2.24, 2.45) is 5.41 Å². The Bertz CT molecular complexity index is 305. The predicted molar refractivity (Wildman–Crippen MR) is 58.3 cm³/mol. The molecule has 14 heavy (non-hydrogen) atoms. The normalized spacial score (nSPS) is 31.6. The molecule has 0 amide bonds. The Hall–Kier alpha value is -0.410. The van der Waals surface area contributed by atoms with E-state index in [4.69, 9.17) is 4.42 Å². The van der Waals surface area contributed by atoms with Crippen LogP contribution in [-0.4, -0.2) is 16.6 Å². The van der Waals surface area contributed by atoms with Gasteiger partial charge in [-0.25, -0.2) is 0 Å². The quantitative estimate of drug-likeness (QED) is 0.777. The number of rotatable bonds is 1. The molecule has 1 aromatic heterocycles. The average molecular weight is 212 g/mol. The highest BCUT2D eigenvalue weighted by Gasteiger charge is 2.48. The SMILES string of the molecule is CC1(C)CCSCC1(O)c1ccco1. The molecule has 2 heterocycles. The topological polar surface area (TPSA) is 33.4 Å². The fraction of sp³-hybridized carbons (Fsp3) is 0.636. The Kier molecular flexibility index (Phi) is 2.40. The van der Waals surface area contributed by atoms with Crippen LogP contribution < -0.4 is 0 Å². The Morgan fingerprint density at radius 2 is 2.29 bits per heavy atom. The second kappa shape index (κ2) is 3.31. The van der Waals surface area contributed by atoms with Crippen molar-refractivity contribution in [3.8, 4) is 0 Å². The summed E-state index contributed by atoms with van der Waals surface area (Å²) in [5.74, 6) is 2.55. The lowest BCUT2D eigenvalue weighted by Crippen LogP contribution is -2.46. The highest BCUT2D eigenvalue weighted by molar-refractivity contribution is 7.99. The minimum Gasteiger partial charge on any atom is -0.466 e. The molecule has 1 saturated heterocycles. The van der Waals surface area contributed by atoms with Crippen LogP contribution in [0.5, 0.6) is 0 Å². The lowest BCUT2D eigenvalue weighted by Gasteiger charge is -2.44. The lowest BCUT2D eigenvalue weighted by molar-refractivity contribution is -0.0736. The van der Waals surface area contributed by atoms with E-state index in [1.54, 1.807) is 18.0 Å². The molecule has 1 aliphatic heterocycles. The van der Waals surface area contributed by atoms with Crippen LogP contribution in [0.1, 0.15) is 26.0 Å². The van der Waals surface area contributed by atoms with Crippen molar-refractivity contribution >= 4 is 11.8 Å². The molecule has 3 heteroatoms. The van der Waals surface area contributed by atoms with Crippen LogP contribution in [0.3, 0.4) is 0 Å². The van der Waals surface area contributed by atoms with Crippen molar-refractivity contribution in [2.45, 2.75) is 25.9 Å². The Morgan fingerprint density at radius 3 is 2.86 bits per heavy atom. The number of hydrogen-bond donors (Lipinski definition) is 1. The molecular formula is C11H16O2S. The monoisotopic (exact) mass is 212 g/mol. The van der Waals surface area contributed by atoms with Crippen LogP contribution in [-0.2, 0) is 5.60 Å². The van der Waals surface area contributed by atoms with Crippen LogP contribution in [0.25, 0.3) is 0 Å². The van der Waals surface area contributed by atoms with Gasteiger partial charge in [0.05, 0.1) is 6.26 Å². The first kappa shape index (κ1) is 10.1. The number of thioether (sulfide) groups is 1. The van der Waals surface area contributed by atoms with Gasteiger partial charge in [-0.2, -0.15) is 11.8 Å². The van der Waals surface area contributed by atoms with E-state index in [1.807, 2.05) is 12.1 Å². The van der Waals surface area contributed by atoms with E-state index < -0.39 is 5.60 Å². The summed E-state index contributed by atoms with van der Waals surface area (Å²) in [6.07, 6.45) is 2.65. The molecule has 0 spiro atoms. The van der Waals surface area contributed by atoms with Crippen molar-refractivity contribution in [3.63, 3.8) is 0 Å². The van der Waals surface area contributed by atoms with Crippen LogP contribution in [0.4, 0.5) is 0 Å². The summed E-state index contributed by atoms with van der Waals surface area (Å²) in [6.45, 7) is 4.21. The van der Waals surface area contributed by atoms with E-state index in [0.717, 1.165) is 17.9 Å². The Balaban J connectivity index is 2.37. The van der Waals surface area contributed by atoms with E-state index >= 15 is 0 Å². The van der Waals surface area contributed by atoms with Gasteiger partial charge in [0, 0.05) is 11.2 Å². The largest absolute Gasteiger partial charge is 0.466 e. The van der Waals surface area contributed by atoms with Crippen molar-refractivity contribution < 1.29 is 9.52 Å². The Labute approximate surface area is 88.7 Å². The van der Waals surface area contributed by atoms with Crippen LogP contribution in [0.15, 0.2) is 22.8 Å². The molecule has 2 nitrogen and oxygen atoms in total. The third kappa shape index (κ3) is 1.39. The number of hydrogen-bond acceptors (Lipinski definition) is 3. The fourth-order valence-corrected chi connectivity index (χ4v) is 3.50. The smallest absolute Gasteiger partial charge is 0.136 e. The van der Waals surface area contributed by atoms with Gasteiger partial charge < -0.3 is 9.52 Å². The van der Waals surface area contributed by atoms with E-state index in [9.17, 15) is 5.11 Å². The molecule has 0 bridgehead atoms. The summed E-state index contributed by atoms with van der Waals surface area (Å²) in [7, 11) is 0. The van der Waals surface area contributed by atoms with E-state index in [-0.39, 0.29) is 5.41 Å². The molecule has 0 aromatic carbocycles. The van der Waals surface area contributed by atoms with Crippen molar-refractivity contribution in [3.05, 3.63) is 24.2 Å². The molecule has 1 N–H and O–H groups in total. The lowest BCUT2D eigenvalue weighted by atomic mass is 9.72. The maximum Gasteiger partial charge on any atom is 0.136 e. The zero-order valence-corrected chi connectivity index (χ0v) is 9.43. The van der Waals surface area contributed by atoms with Crippen LogP contribution in [0, 0.1) is 5.41 Å². The maximum atomic E-state index is 10.6. The molecule has 1 atom stereocenters. The van der Waals surface area contributed by atoms with Crippen molar-refractivity contribution in [2.75, 3.05) is 11.5 Å². The second-order valence-electron chi connectivity index (χ2n) is 4.52. The molecule has 1 unspecified atom stereocenters. The molecule has 1 aliphatic rings. The molecule has 0 radical (unpaired) electrons. The molecule has 0 aliphatic carbocycles. The molecule has 78 valence electrons. The van der Waals surface area contributed by atoms with Gasteiger partial charge in [-0.3, -0.25) is 0 Å². The van der Waals surface area contributed by atoms with Gasteiger partial charge in [0.25, 0.3) is 0 Å². The van der Waals surface area contributed by atoms with E-state index in [1.165, 1.54) is 0 Å². The van der Waals surface area contributed by atoms with Gasteiger partial charge in [0.1, 0.15) is 11.4 Å². The van der Waals surface area contributed by atoms with Crippen molar-refractivity contribution in [1.82, 2.24) is 0 Å². The first-order chi connectivity index (χ1) is 6.56. The minimum absolute atomic E-state index is 0.101. The molecule has 0 saturated carbocycles. The minimum atomic E-state index is -0.806. The zero-order valence-electron chi connectivity index (χ0n) is 8.62. The molecular weight excluding hydrogens is 196 g/mol. The fourth-order valence-electron chi connectivity index (χ4n) is 1.87. The summed E-state index contributed by atoms with van der Waals surface area (Å²) in [5, 5.41) is 10.6. The van der Waals surface area contributed by atoms with Gasteiger partial charge in [0.2, 0.25) is 0 Å². The first-order valence-corrected chi connectivity index (χ1v) is 6.06. The number of aliphatic hydroxyl groups is 1. The average Bonchev–Trinajstić information content (AvgIpc) is 2.63. The molecule has 2 rings (SSSR count). The predicted octanol–water partition coefficient (Wildman–Crippen LogP) is 2.63. The van der Waals surface area contributed by atoms with Crippen molar-refractivity contribution in [1.29, 1.82) is 0 Å². The second-order valence-corrected chi connectivity index (χ2v) is 5.63. The molecule has 1 fully saturated rings. The first-order valence-electron chi connectivity index (χ1n) is 4.90. The zero-order chi connectivity index (χ0) is 10.2. The van der Waals surface area contributed by atoms with Gasteiger partial charge in [-0.1, -0.05) is 13.8 Å². The van der Waals surface area contributed by atoms with E-state index in [0.29, 0.717) is 5.76 Å². The van der Waals surface area contributed by atoms with Gasteiger partial charge >= 0.3 is 0 Å². The molecule has 1 aromatic rings. The highest BCUT2D eigenvalue weighted by atomic mass is 32.2. The van der Waals surface area contributed by atoms with Gasteiger partial charge in [0.15, 0.2) is 0 Å². The van der Waals surface area contributed by atoms with Crippen LogP contribution in [0.2, 0.25) is 0 Å². The third-order valence-electron chi connectivity index (χ3n) is 3.23. The van der Waals surface area contributed by atoms with Gasteiger partial charge in [-0.05, 0) is 24.3 Å². The van der Waals surface area contributed by atoms with E-state index in [2.05, 4.69) is 13.8 Å². The summed E-state index contributed by atoms with van der Waals surface area (Å²) in [6, 6.07) is 3.70. The summed E-state index contributed by atoms with van der Waals surface area (Å²) in [4.78, 5) is 0.